The number of aromatic carboxylic acids is 1. The Labute approximate surface area is 245 Å². The fourth-order valence-corrected chi connectivity index (χ4v) is 5.75. The average molecular weight is 585 g/mol. The molecule has 3 aromatic carbocycles. The molecule has 0 saturated heterocycles. The lowest BCUT2D eigenvalue weighted by molar-refractivity contribution is -0.139. The van der Waals surface area contributed by atoms with Gasteiger partial charge in [-0.3, -0.25) is 9.36 Å². The Balaban J connectivity index is 1.51. The van der Waals surface area contributed by atoms with Crippen molar-refractivity contribution in [2.75, 3.05) is 13.7 Å². The molecular formula is C32H28N2O7S. The molecule has 0 radical (unpaired) electrons. The van der Waals surface area contributed by atoms with Gasteiger partial charge in [0.25, 0.3) is 5.56 Å². The van der Waals surface area contributed by atoms with Crippen molar-refractivity contribution in [2.45, 2.75) is 26.5 Å². The zero-order chi connectivity index (χ0) is 29.8. The first kappa shape index (κ1) is 28.6. The van der Waals surface area contributed by atoms with Gasteiger partial charge in [0.15, 0.2) is 4.80 Å². The van der Waals surface area contributed by atoms with Crippen LogP contribution in [0.5, 0.6) is 11.5 Å². The third kappa shape index (κ3) is 5.89. The van der Waals surface area contributed by atoms with Gasteiger partial charge in [-0.25, -0.2) is 14.6 Å². The number of hydrogen-bond acceptors (Lipinski definition) is 8. The standard InChI is InChI=1S/C32H28N2O7S/c1-4-40-31(38)27-19(2)33-32-34(28(27)22-11-13-24(39-3)14-12-22)29(35)26(42-32)17-20-7-6-10-25(16-20)41-18-21-8-5-9-23(15-21)30(36)37/h5-17,28H,4,18H2,1-3H3,(H,36,37)/b26-17-. The maximum Gasteiger partial charge on any atom is 0.338 e. The van der Waals surface area contributed by atoms with Crippen LogP contribution in [0.25, 0.3) is 6.08 Å². The number of nitrogens with zero attached hydrogens (tertiary/aromatic N) is 2. The number of benzene rings is 3. The molecule has 4 aromatic rings. The Morgan fingerprint density at radius 1 is 1.05 bits per heavy atom. The molecule has 1 aliphatic heterocycles. The quantitative estimate of drug-likeness (QED) is 0.295. The van der Waals surface area contributed by atoms with Gasteiger partial charge < -0.3 is 19.3 Å². The number of aromatic nitrogens is 1. The summed E-state index contributed by atoms with van der Waals surface area (Å²) in [6, 6.07) is 20.3. The fraction of sp³-hybridized carbons (Fsp3) is 0.188. The first-order valence-corrected chi connectivity index (χ1v) is 14.0. The second-order valence-electron chi connectivity index (χ2n) is 9.44. The monoisotopic (exact) mass is 584 g/mol. The highest BCUT2D eigenvalue weighted by Gasteiger charge is 2.33. The molecule has 10 heteroatoms. The zero-order valence-corrected chi connectivity index (χ0v) is 24.0. The van der Waals surface area contributed by atoms with Crippen LogP contribution in [0, 0.1) is 0 Å². The van der Waals surface area contributed by atoms with Gasteiger partial charge in [-0.1, -0.05) is 47.7 Å². The SMILES string of the molecule is CCOC(=O)C1=C(C)N=c2s/c(=C\c3cccc(OCc4cccc(C(=O)O)c4)c3)c(=O)n2C1c1ccc(OC)cc1. The van der Waals surface area contributed by atoms with E-state index in [0.717, 1.165) is 16.7 Å². The molecule has 214 valence electrons. The molecule has 1 aliphatic rings. The molecule has 0 amide bonds. The Hall–Kier alpha value is -4.96. The van der Waals surface area contributed by atoms with E-state index in [1.54, 1.807) is 69.5 Å². The molecule has 2 heterocycles. The number of carbonyl (C=O) groups is 2. The summed E-state index contributed by atoms with van der Waals surface area (Å²) < 4.78 is 18.5. The number of esters is 1. The van der Waals surface area contributed by atoms with Crippen molar-refractivity contribution in [1.29, 1.82) is 0 Å². The molecule has 42 heavy (non-hydrogen) atoms. The minimum Gasteiger partial charge on any atom is -0.497 e. The van der Waals surface area contributed by atoms with Crippen molar-refractivity contribution in [1.82, 2.24) is 4.57 Å². The van der Waals surface area contributed by atoms with Crippen molar-refractivity contribution in [3.8, 4) is 11.5 Å². The minimum absolute atomic E-state index is 0.185. The summed E-state index contributed by atoms with van der Waals surface area (Å²) in [5.41, 5.74) is 2.88. The maximum atomic E-state index is 13.8. The van der Waals surface area contributed by atoms with Crippen LogP contribution in [0.1, 0.15) is 46.9 Å². The topological polar surface area (TPSA) is 116 Å². The molecule has 1 atom stereocenters. The first-order chi connectivity index (χ1) is 20.3. The second kappa shape index (κ2) is 12.3. The molecule has 0 bridgehead atoms. The van der Waals surface area contributed by atoms with Gasteiger partial charge in [-0.2, -0.15) is 0 Å². The van der Waals surface area contributed by atoms with E-state index in [-0.39, 0.29) is 24.3 Å². The predicted molar refractivity (Wildman–Crippen MR) is 158 cm³/mol. The second-order valence-corrected chi connectivity index (χ2v) is 10.5. The van der Waals surface area contributed by atoms with Crippen LogP contribution in [-0.4, -0.2) is 35.3 Å². The number of carboxylic acid groups (broad SMARTS) is 1. The number of thiazole rings is 1. The highest BCUT2D eigenvalue weighted by Crippen LogP contribution is 2.31. The average Bonchev–Trinajstić information content (AvgIpc) is 3.29. The Bertz CT molecular complexity index is 1870. The van der Waals surface area contributed by atoms with Crippen LogP contribution in [-0.2, 0) is 16.1 Å². The van der Waals surface area contributed by atoms with E-state index >= 15 is 0 Å². The van der Waals surface area contributed by atoms with Gasteiger partial charge in [0.05, 0.1) is 41.1 Å². The lowest BCUT2D eigenvalue weighted by Gasteiger charge is -2.24. The zero-order valence-electron chi connectivity index (χ0n) is 23.2. The Morgan fingerprint density at radius 3 is 2.52 bits per heavy atom. The molecule has 9 nitrogen and oxygen atoms in total. The van der Waals surface area contributed by atoms with E-state index in [2.05, 4.69) is 4.99 Å². The van der Waals surface area contributed by atoms with Gasteiger partial charge in [0.2, 0.25) is 0 Å². The van der Waals surface area contributed by atoms with Gasteiger partial charge in [0, 0.05) is 0 Å². The first-order valence-electron chi connectivity index (χ1n) is 13.2. The summed E-state index contributed by atoms with van der Waals surface area (Å²) in [6.07, 6.45) is 1.76. The number of rotatable bonds is 9. The van der Waals surface area contributed by atoms with Crippen molar-refractivity contribution >= 4 is 29.4 Å². The lowest BCUT2D eigenvalue weighted by atomic mass is 9.96. The molecular weight excluding hydrogens is 556 g/mol. The number of carbonyl (C=O) groups excluding carboxylic acids is 1. The van der Waals surface area contributed by atoms with Gasteiger partial charge >= 0.3 is 11.9 Å². The summed E-state index contributed by atoms with van der Waals surface area (Å²) in [6.45, 7) is 3.85. The Morgan fingerprint density at radius 2 is 1.81 bits per heavy atom. The lowest BCUT2D eigenvalue weighted by Crippen LogP contribution is -2.39. The smallest absolute Gasteiger partial charge is 0.338 e. The largest absolute Gasteiger partial charge is 0.497 e. The summed E-state index contributed by atoms with van der Waals surface area (Å²) in [5, 5.41) is 9.23. The van der Waals surface area contributed by atoms with E-state index in [1.165, 1.54) is 22.0 Å². The van der Waals surface area contributed by atoms with E-state index in [9.17, 15) is 19.5 Å². The van der Waals surface area contributed by atoms with E-state index in [1.807, 2.05) is 24.3 Å². The summed E-state index contributed by atoms with van der Waals surface area (Å²) in [4.78, 5) is 43.3. The molecule has 1 unspecified atom stereocenters. The van der Waals surface area contributed by atoms with Crippen LogP contribution in [0.15, 0.2) is 93.9 Å². The molecule has 1 N–H and O–H groups in total. The van der Waals surface area contributed by atoms with E-state index in [0.29, 0.717) is 32.1 Å². The van der Waals surface area contributed by atoms with Gasteiger partial charge in [-0.15, -0.1) is 0 Å². The molecule has 0 spiro atoms. The van der Waals surface area contributed by atoms with Gasteiger partial charge in [0.1, 0.15) is 18.1 Å². The normalized spacial score (nSPS) is 14.6. The molecule has 0 aliphatic carbocycles. The van der Waals surface area contributed by atoms with Crippen molar-refractivity contribution < 1.29 is 28.9 Å². The fourth-order valence-electron chi connectivity index (χ4n) is 4.70. The number of fused-ring (bicyclic) bond motifs is 1. The van der Waals surface area contributed by atoms with Crippen LogP contribution in [0.4, 0.5) is 0 Å². The highest BCUT2D eigenvalue weighted by molar-refractivity contribution is 7.07. The maximum absolute atomic E-state index is 13.8. The van der Waals surface area contributed by atoms with Crippen LogP contribution in [0.3, 0.4) is 0 Å². The third-order valence-corrected chi connectivity index (χ3v) is 7.67. The van der Waals surface area contributed by atoms with Gasteiger partial charge in [-0.05, 0) is 73.0 Å². The Kier molecular flexibility index (Phi) is 8.35. The van der Waals surface area contributed by atoms with Crippen molar-refractivity contribution in [2.24, 2.45) is 4.99 Å². The third-order valence-electron chi connectivity index (χ3n) is 6.68. The van der Waals surface area contributed by atoms with Crippen LogP contribution < -0.4 is 24.4 Å². The highest BCUT2D eigenvalue weighted by atomic mass is 32.1. The summed E-state index contributed by atoms with van der Waals surface area (Å²) in [7, 11) is 1.57. The summed E-state index contributed by atoms with van der Waals surface area (Å²) >= 11 is 1.23. The summed E-state index contributed by atoms with van der Waals surface area (Å²) in [5.74, 6) is -0.304. The van der Waals surface area contributed by atoms with Crippen LogP contribution in [0.2, 0.25) is 0 Å². The molecule has 5 rings (SSSR count). The minimum atomic E-state index is -1.00. The number of methoxy groups -OCH3 is 1. The van der Waals surface area contributed by atoms with E-state index in [4.69, 9.17) is 14.2 Å². The molecule has 1 aromatic heterocycles. The van der Waals surface area contributed by atoms with Crippen LogP contribution >= 0.6 is 11.3 Å². The molecule has 0 saturated carbocycles. The molecule has 0 fully saturated rings. The number of ether oxygens (including phenoxy) is 3. The number of hydrogen-bond donors (Lipinski definition) is 1. The number of carboxylic acids is 1. The van der Waals surface area contributed by atoms with E-state index < -0.39 is 18.0 Å². The van der Waals surface area contributed by atoms with Crippen molar-refractivity contribution in [3.05, 3.63) is 126 Å². The van der Waals surface area contributed by atoms with Crippen molar-refractivity contribution in [3.63, 3.8) is 0 Å². The predicted octanol–water partition coefficient (Wildman–Crippen LogP) is 4.08. The number of allylic oxidation sites excluding steroid dienone is 1.